The molecule has 0 aromatic carbocycles. The molecule has 5 heteroatoms. The molecule has 21 heavy (non-hydrogen) atoms. The molecule has 0 unspecified atom stereocenters. The molecule has 2 heterocycles. The van der Waals surface area contributed by atoms with E-state index in [0.717, 1.165) is 18.5 Å². The molecular formula is C16H26N2O3. The second-order valence-electron chi connectivity index (χ2n) is 7.65. The highest BCUT2D eigenvalue weighted by Crippen LogP contribution is 2.34. The molecule has 0 aliphatic carbocycles. The molecule has 0 bridgehead atoms. The normalized spacial score (nSPS) is 19.9. The Bertz CT molecular complexity index is 508. The van der Waals surface area contributed by atoms with E-state index in [1.807, 2.05) is 20.8 Å². The number of carbonyl (C=O) groups is 1. The molecule has 1 aliphatic rings. The summed E-state index contributed by atoms with van der Waals surface area (Å²) in [7, 11) is 0. The lowest BCUT2D eigenvalue weighted by Gasteiger charge is -2.27. The van der Waals surface area contributed by atoms with E-state index in [2.05, 4.69) is 25.8 Å². The Morgan fingerprint density at radius 1 is 1.33 bits per heavy atom. The van der Waals surface area contributed by atoms with E-state index in [4.69, 9.17) is 9.15 Å². The Balaban J connectivity index is 2.15. The van der Waals surface area contributed by atoms with Gasteiger partial charge in [-0.2, -0.15) is 0 Å². The van der Waals surface area contributed by atoms with Crippen molar-refractivity contribution < 1.29 is 13.9 Å². The van der Waals surface area contributed by atoms with Crippen LogP contribution in [0.3, 0.4) is 0 Å². The van der Waals surface area contributed by atoms with Crippen molar-refractivity contribution in [2.45, 2.75) is 71.4 Å². The smallest absolute Gasteiger partial charge is 0.410 e. The van der Waals surface area contributed by atoms with E-state index >= 15 is 0 Å². The second-order valence-corrected chi connectivity index (χ2v) is 7.65. The summed E-state index contributed by atoms with van der Waals surface area (Å²) in [4.78, 5) is 18.6. The van der Waals surface area contributed by atoms with Gasteiger partial charge in [-0.05, 0) is 33.6 Å². The zero-order valence-corrected chi connectivity index (χ0v) is 13.9. The van der Waals surface area contributed by atoms with Crippen molar-refractivity contribution in [3.8, 4) is 0 Å². The third-order valence-electron chi connectivity index (χ3n) is 3.46. The van der Waals surface area contributed by atoms with Crippen LogP contribution in [0.4, 0.5) is 4.79 Å². The van der Waals surface area contributed by atoms with E-state index in [0.29, 0.717) is 12.4 Å². The van der Waals surface area contributed by atoms with Gasteiger partial charge in [-0.25, -0.2) is 9.78 Å². The molecule has 1 aromatic heterocycles. The molecule has 0 spiro atoms. The molecule has 1 aromatic rings. The second kappa shape index (κ2) is 5.35. The average Bonchev–Trinajstić information content (AvgIpc) is 2.94. The molecule has 1 saturated heterocycles. The lowest BCUT2D eigenvalue weighted by Crippen LogP contribution is -2.36. The minimum absolute atomic E-state index is 0.0584. The van der Waals surface area contributed by atoms with Crippen molar-refractivity contribution in [3.63, 3.8) is 0 Å². The number of ether oxygens (including phenoxy) is 1. The highest BCUT2D eigenvalue weighted by molar-refractivity contribution is 5.69. The van der Waals surface area contributed by atoms with Crippen LogP contribution in [0.5, 0.6) is 0 Å². The minimum Gasteiger partial charge on any atom is -0.446 e. The van der Waals surface area contributed by atoms with E-state index in [-0.39, 0.29) is 17.6 Å². The molecule has 1 atom stereocenters. The van der Waals surface area contributed by atoms with Crippen molar-refractivity contribution in [2.24, 2.45) is 0 Å². The maximum atomic E-state index is 12.3. The maximum Gasteiger partial charge on any atom is 0.410 e. The lowest BCUT2D eigenvalue weighted by molar-refractivity contribution is 0.0204. The fourth-order valence-electron chi connectivity index (χ4n) is 2.35. The first kappa shape index (κ1) is 15.9. The van der Waals surface area contributed by atoms with Gasteiger partial charge in [-0.1, -0.05) is 20.8 Å². The zero-order valence-electron chi connectivity index (χ0n) is 13.9. The lowest BCUT2D eigenvalue weighted by atomic mass is 9.93. The van der Waals surface area contributed by atoms with Gasteiger partial charge in [0.05, 0.1) is 5.69 Å². The van der Waals surface area contributed by atoms with E-state index < -0.39 is 5.60 Å². The number of hydrogen-bond acceptors (Lipinski definition) is 4. The van der Waals surface area contributed by atoms with E-state index in [1.165, 1.54) is 0 Å². The van der Waals surface area contributed by atoms with Crippen LogP contribution in [-0.2, 0) is 10.2 Å². The summed E-state index contributed by atoms with van der Waals surface area (Å²) >= 11 is 0. The van der Waals surface area contributed by atoms with Crippen LogP contribution in [0.15, 0.2) is 10.7 Å². The van der Waals surface area contributed by atoms with Gasteiger partial charge in [-0.3, -0.25) is 4.90 Å². The standard InChI is InChI=1S/C16H26N2O3/c1-15(2,3)12-10-20-13(17-12)11-8-7-9-18(11)14(19)21-16(4,5)6/h10-11H,7-9H2,1-6H3/t11-/m0/s1. The van der Waals surface area contributed by atoms with Crippen LogP contribution >= 0.6 is 0 Å². The molecule has 1 aliphatic heterocycles. The summed E-state index contributed by atoms with van der Waals surface area (Å²) in [6.07, 6.45) is 3.21. The number of oxazole rings is 1. The van der Waals surface area contributed by atoms with Gasteiger partial charge >= 0.3 is 6.09 Å². The van der Waals surface area contributed by atoms with Crippen LogP contribution in [0, 0.1) is 0 Å². The largest absolute Gasteiger partial charge is 0.446 e. The first-order valence-corrected chi connectivity index (χ1v) is 7.53. The number of hydrogen-bond donors (Lipinski definition) is 0. The predicted molar refractivity (Wildman–Crippen MR) is 80.1 cm³/mol. The molecule has 2 rings (SSSR count). The molecule has 5 nitrogen and oxygen atoms in total. The van der Waals surface area contributed by atoms with Gasteiger partial charge in [0.2, 0.25) is 5.89 Å². The van der Waals surface area contributed by atoms with Gasteiger partial charge in [0, 0.05) is 12.0 Å². The van der Waals surface area contributed by atoms with Crippen LogP contribution in [0.1, 0.15) is 72.0 Å². The first-order chi connectivity index (χ1) is 9.58. The highest BCUT2D eigenvalue weighted by atomic mass is 16.6. The topological polar surface area (TPSA) is 55.6 Å². The fraction of sp³-hybridized carbons (Fsp3) is 0.750. The van der Waals surface area contributed by atoms with E-state index in [1.54, 1.807) is 11.2 Å². The van der Waals surface area contributed by atoms with Crippen molar-refractivity contribution in [1.82, 2.24) is 9.88 Å². The van der Waals surface area contributed by atoms with Gasteiger partial charge < -0.3 is 9.15 Å². The summed E-state index contributed by atoms with van der Waals surface area (Å²) in [5.41, 5.74) is 0.364. The molecule has 0 N–H and O–H groups in total. The molecule has 1 amide bonds. The van der Waals surface area contributed by atoms with Crippen LogP contribution in [0.2, 0.25) is 0 Å². The molecule has 1 fully saturated rings. The molecule has 0 saturated carbocycles. The Morgan fingerprint density at radius 3 is 2.52 bits per heavy atom. The summed E-state index contributed by atoms with van der Waals surface area (Å²) in [5.74, 6) is 0.614. The molecule has 0 radical (unpaired) electrons. The van der Waals surface area contributed by atoms with Crippen molar-refractivity contribution in [3.05, 3.63) is 17.8 Å². The summed E-state index contributed by atoms with van der Waals surface area (Å²) in [6, 6.07) is -0.115. The Kier molecular flexibility index (Phi) is 4.04. The summed E-state index contributed by atoms with van der Waals surface area (Å²) < 4.78 is 11.1. The number of likely N-dealkylation sites (tertiary alicyclic amines) is 1. The fourth-order valence-corrected chi connectivity index (χ4v) is 2.35. The van der Waals surface area contributed by atoms with Gasteiger partial charge in [0.15, 0.2) is 0 Å². The number of rotatable bonds is 1. The van der Waals surface area contributed by atoms with Gasteiger partial charge in [0.1, 0.15) is 17.9 Å². The van der Waals surface area contributed by atoms with Gasteiger partial charge in [0.25, 0.3) is 0 Å². The monoisotopic (exact) mass is 294 g/mol. The third-order valence-corrected chi connectivity index (χ3v) is 3.46. The van der Waals surface area contributed by atoms with Crippen LogP contribution in [-0.4, -0.2) is 28.1 Å². The minimum atomic E-state index is -0.489. The predicted octanol–water partition coefficient (Wildman–Crippen LogP) is 4.04. The first-order valence-electron chi connectivity index (χ1n) is 7.53. The highest BCUT2D eigenvalue weighted by Gasteiger charge is 2.36. The summed E-state index contributed by atoms with van der Waals surface area (Å²) in [6.45, 7) is 12.6. The van der Waals surface area contributed by atoms with Gasteiger partial charge in [-0.15, -0.1) is 0 Å². The quantitative estimate of drug-likeness (QED) is 0.784. The zero-order chi connectivity index (χ0) is 15.8. The van der Waals surface area contributed by atoms with Crippen molar-refractivity contribution in [1.29, 1.82) is 0 Å². The van der Waals surface area contributed by atoms with Crippen LogP contribution < -0.4 is 0 Å². The number of aromatic nitrogens is 1. The van der Waals surface area contributed by atoms with E-state index in [9.17, 15) is 4.79 Å². The molecular weight excluding hydrogens is 268 g/mol. The Labute approximate surface area is 126 Å². The van der Waals surface area contributed by atoms with Crippen LogP contribution in [0.25, 0.3) is 0 Å². The third kappa shape index (κ3) is 3.77. The summed E-state index contributed by atoms with van der Waals surface area (Å²) in [5, 5.41) is 0. The number of amides is 1. The Morgan fingerprint density at radius 2 is 2.00 bits per heavy atom. The number of carbonyl (C=O) groups excluding carboxylic acids is 1. The molecule has 118 valence electrons. The van der Waals surface area contributed by atoms with Crippen molar-refractivity contribution >= 4 is 6.09 Å². The SMILES string of the molecule is CC(C)(C)OC(=O)N1CCC[C@H]1c1nc(C(C)(C)C)co1. The Hall–Kier alpha value is -1.52. The average molecular weight is 294 g/mol. The number of nitrogens with zero attached hydrogens (tertiary/aromatic N) is 2. The maximum absolute atomic E-state index is 12.3. The van der Waals surface area contributed by atoms with Crippen molar-refractivity contribution in [2.75, 3.05) is 6.54 Å².